The van der Waals surface area contributed by atoms with Crippen molar-refractivity contribution in [3.05, 3.63) is 29.7 Å². The van der Waals surface area contributed by atoms with E-state index in [1.807, 2.05) is 0 Å². The molecule has 0 unspecified atom stereocenters. The molecule has 0 heterocycles. The fourth-order valence-corrected chi connectivity index (χ4v) is 1.23. The van der Waals surface area contributed by atoms with Crippen LogP contribution in [-0.2, 0) is 0 Å². The summed E-state index contributed by atoms with van der Waals surface area (Å²) in [5, 5.41) is 0. The van der Waals surface area contributed by atoms with E-state index in [-0.39, 0.29) is 0 Å². The molecule has 2 aliphatic rings. The highest BCUT2D eigenvalue weighted by molar-refractivity contribution is 5.49. The van der Waals surface area contributed by atoms with E-state index in [9.17, 15) is 0 Å². The lowest BCUT2D eigenvalue weighted by molar-refractivity contribution is 0.891. The molecule has 0 aliphatic heterocycles. The molecular weight excluding hydrogens is 96.1 g/mol. The van der Waals surface area contributed by atoms with Crippen molar-refractivity contribution in [2.75, 3.05) is 0 Å². The van der Waals surface area contributed by atoms with Gasteiger partial charge in [0.1, 0.15) is 0 Å². The lowest BCUT2D eigenvalue weighted by atomic mass is 10.1. The van der Waals surface area contributed by atoms with Gasteiger partial charge in [-0.05, 0) is 6.92 Å². The van der Waals surface area contributed by atoms with Crippen LogP contribution in [0.3, 0.4) is 0 Å². The van der Waals surface area contributed by atoms with E-state index < -0.39 is 0 Å². The molecule has 0 aromatic heterocycles. The minimum atomic E-state index is 0.745. The van der Waals surface area contributed by atoms with Gasteiger partial charge in [0, 0.05) is 24.1 Å². The standard InChI is InChI=1S/C8H9/c1-6-3-2-4-7-5-8(6)7/h2-4,6H,5H2,1H3/q+1/t6-/m1/s1. The molecule has 0 bridgehead atoms. The molecule has 8 heavy (non-hydrogen) atoms. The summed E-state index contributed by atoms with van der Waals surface area (Å²) in [4.78, 5) is 0. The summed E-state index contributed by atoms with van der Waals surface area (Å²) < 4.78 is 0. The van der Waals surface area contributed by atoms with E-state index in [1.54, 1.807) is 11.1 Å². The molecular formula is C8H9+. The molecule has 2 rings (SSSR count). The summed E-state index contributed by atoms with van der Waals surface area (Å²) >= 11 is 0. The lowest BCUT2D eigenvalue weighted by Gasteiger charge is -1.90. The van der Waals surface area contributed by atoms with Crippen LogP contribution in [0.25, 0.3) is 0 Å². The van der Waals surface area contributed by atoms with Crippen LogP contribution in [-0.4, -0.2) is 0 Å². The Hall–Kier alpha value is -0.650. The van der Waals surface area contributed by atoms with E-state index in [0.717, 1.165) is 5.92 Å². The van der Waals surface area contributed by atoms with Crippen LogP contribution in [0.15, 0.2) is 23.3 Å². The Morgan fingerprint density at radius 1 is 1.75 bits per heavy atom. The zero-order valence-electron chi connectivity index (χ0n) is 5.02. The monoisotopic (exact) mass is 105 g/mol. The Morgan fingerprint density at radius 3 is 3.25 bits per heavy atom. The van der Waals surface area contributed by atoms with Crippen LogP contribution in [0.1, 0.15) is 13.3 Å². The van der Waals surface area contributed by atoms with Crippen molar-refractivity contribution in [2.45, 2.75) is 13.3 Å². The predicted octanol–water partition coefficient (Wildman–Crippen LogP) is 2.10. The molecule has 0 heteroatoms. The van der Waals surface area contributed by atoms with Crippen LogP contribution in [0.5, 0.6) is 0 Å². The van der Waals surface area contributed by atoms with Gasteiger partial charge in [-0.1, -0.05) is 0 Å². The van der Waals surface area contributed by atoms with Gasteiger partial charge in [0.05, 0.1) is 17.9 Å². The third kappa shape index (κ3) is 0.430. The molecule has 0 nitrogen and oxygen atoms in total. The SMILES string of the molecule is C[C@@H]1C=C[CH+]C2=C1C2. The average molecular weight is 105 g/mol. The van der Waals surface area contributed by atoms with Crippen molar-refractivity contribution < 1.29 is 0 Å². The number of hydrogen-bond donors (Lipinski definition) is 0. The van der Waals surface area contributed by atoms with E-state index in [2.05, 4.69) is 25.5 Å². The molecule has 40 valence electrons. The average Bonchev–Trinajstić information content (AvgIpc) is 2.45. The van der Waals surface area contributed by atoms with Gasteiger partial charge in [-0.25, -0.2) is 0 Å². The lowest BCUT2D eigenvalue weighted by Crippen LogP contribution is -1.86. The maximum Gasteiger partial charge on any atom is 0.0835 e. The van der Waals surface area contributed by atoms with E-state index in [1.165, 1.54) is 6.42 Å². The van der Waals surface area contributed by atoms with Crippen LogP contribution in [0, 0.1) is 12.3 Å². The van der Waals surface area contributed by atoms with Crippen LogP contribution < -0.4 is 0 Å². The third-order valence-electron chi connectivity index (χ3n) is 1.92. The van der Waals surface area contributed by atoms with E-state index in [0.29, 0.717) is 0 Å². The van der Waals surface area contributed by atoms with Gasteiger partial charge >= 0.3 is 0 Å². The van der Waals surface area contributed by atoms with Crippen LogP contribution in [0.4, 0.5) is 0 Å². The van der Waals surface area contributed by atoms with E-state index >= 15 is 0 Å². The third-order valence-corrected chi connectivity index (χ3v) is 1.92. The van der Waals surface area contributed by atoms with E-state index in [4.69, 9.17) is 0 Å². The smallest absolute Gasteiger partial charge is 0.0314 e. The number of hydrogen-bond acceptors (Lipinski definition) is 0. The quantitative estimate of drug-likeness (QED) is 0.414. The Kier molecular flexibility index (Phi) is 0.633. The predicted molar refractivity (Wildman–Crippen MR) is 34.2 cm³/mol. The molecule has 2 aliphatic carbocycles. The highest BCUT2D eigenvalue weighted by Crippen LogP contribution is 2.42. The summed E-state index contributed by atoms with van der Waals surface area (Å²) in [6.45, 7) is 2.26. The molecule has 0 saturated heterocycles. The Morgan fingerprint density at radius 2 is 2.62 bits per heavy atom. The second kappa shape index (κ2) is 1.19. The molecule has 0 saturated carbocycles. The zero-order valence-corrected chi connectivity index (χ0v) is 5.02. The molecule has 0 fully saturated rings. The van der Waals surface area contributed by atoms with Crippen molar-refractivity contribution in [3.8, 4) is 0 Å². The summed E-state index contributed by atoms with van der Waals surface area (Å²) in [5.74, 6) is 0.745. The van der Waals surface area contributed by atoms with Gasteiger partial charge in [-0.3, -0.25) is 0 Å². The summed E-state index contributed by atoms with van der Waals surface area (Å²) in [6.07, 6.45) is 7.92. The molecule has 0 amide bonds. The maximum atomic E-state index is 2.26. The van der Waals surface area contributed by atoms with Gasteiger partial charge in [-0.15, -0.1) is 0 Å². The summed E-state index contributed by atoms with van der Waals surface area (Å²) in [5.41, 5.74) is 3.24. The molecule has 0 N–H and O–H groups in total. The normalized spacial score (nSPS) is 31.9. The van der Waals surface area contributed by atoms with Gasteiger partial charge in [0.2, 0.25) is 0 Å². The first-order valence-electron chi connectivity index (χ1n) is 3.11. The Bertz CT molecular complexity index is 172. The second-order valence-electron chi connectivity index (χ2n) is 2.57. The van der Waals surface area contributed by atoms with Crippen molar-refractivity contribution in [1.29, 1.82) is 0 Å². The topological polar surface area (TPSA) is 0 Å². The van der Waals surface area contributed by atoms with Gasteiger partial charge < -0.3 is 0 Å². The maximum absolute atomic E-state index is 2.26. The van der Waals surface area contributed by atoms with Crippen LogP contribution >= 0.6 is 0 Å². The first-order chi connectivity index (χ1) is 3.88. The molecule has 0 radical (unpaired) electrons. The fraction of sp³-hybridized carbons (Fsp3) is 0.375. The second-order valence-corrected chi connectivity index (χ2v) is 2.57. The van der Waals surface area contributed by atoms with Gasteiger partial charge in [-0.2, -0.15) is 0 Å². The first kappa shape index (κ1) is 4.25. The van der Waals surface area contributed by atoms with Gasteiger partial charge in [0.25, 0.3) is 0 Å². The zero-order chi connectivity index (χ0) is 5.56. The Labute approximate surface area is 49.9 Å². The minimum absolute atomic E-state index is 0.745. The highest BCUT2D eigenvalue weighted by atomic mass is 14.3. The van der Waals surface area contributed by atoms with Crippen molar-refractivity contribution in [2.24, 2.45) is 5.92 Å². The summed E-state index contributed by atoms with van der Waals surface area (Å²) in [6, 6.07) is 0. The largest absolute Gasteiger partial charge is 0.0835 e. The Balaban J connectivity index is 2.24. The van der Waals surface area contributed by atoms with Crippen LogP contribution in [0.2, 0.25) is 0 Å². The number of allylic oxidation sites excluding steroid dienone is 4. The van der Waals surface area contributed by atoms with Crippen molar-refractivity contribution >= 4 is 0 Å². The first-order valence-corrected chi connectivity index (χ1v) is 3.11. The number of rotatable bonds is 0. The molecule has 0 aromatic rings. The van der Waals surface area contributed by atoms with Gasteiger partial charge in [0.15, 0.2) is 0 Å². The molecule has 0 aromatic carbocycles. The van der Waals surface area contributed by atoms with Crippen molar-refractivity contribution in [1.82, 2.24) is 0 Å². The summed E-state index contributed by atoms with van der Waals surface area (Å²) in [7, 11) is 0. The highest BCUT2D eigenvalue weighted by Gasteiger charge is 2.35. The molecule has 1 atom stereocenters. The molecule has 0 spiro atoms. The fourth-order valence-electron chi connectivity index (χ4n) is 1.23. The van der Waals surface area contributed by atoms with Crippen molar-refractivity contribution in [3.63, 3.8) is 0 Å². The minimum Gasteiger partial charge on any atom is -0.0314 e.